The van der Waals surface area contributed by atoms with E-state index in [4.69, 9.17) is 0 Å². The van der Waals surface area contributed by atoms with Crippen LogP contribution in [0.15, 0.2) is 29.1 Å². The van der Waals surface area contributed by atoms with Crippen molar-refractivity contribution in [3.8, 4) is 5.75 Å². The zero-order chi connectivity index (χ0) is 20.5. The molecule has 3 heterocycles. The van der Waals surface area contributed by atoms with Gasteiger partial charge >= 0.3 is 0 Å². The molecule has 1 aromatic heterocycles. The number of aromatic nitrogens is 1. The highest BCUT2D eigenvalue weighted by Crippen LogP contribution is 2.28. The van der Waals surface area contributed by atoms with Gasteiger partial charge in [0.05, 0.1) is 5.56 Å². The molecule has 2 aliphatic heterocycles. The van der Waals surface area contributed by atoms with Crippen molar-refractivity contribution >= 4 is 23.6 Å². The maximum atomic E-state index is 13.1. The van der Waals surface area contributed by atoms with Crippen LogP contribution in [0.2, 0.25) is 0 Å². The van der Waals surface area contributed by atoms with Gasteiger partial charge in [-0.3, -0.25) is 14.4 Å². The molecular formula is C20H20FN3O4S. The number of hydrogen-bond donors (Lipinski definition) is 2. The molecule has 4 rings (SSSR count). The third-order valence-corrected chi connectivity index (χ3v) is 6.17. The average molecular weight is 417 g/mol. The van der Waals surface area contributed by atoms with Crippen molar-refractivity contribution < 1.29 is 19.1 Å². The molecule has 0 saturated carbocycles. The first kappa shape index (κ1) is 19.5. The van der Waals surface area contributed by atoms with Crippen molar-refractivity contribution in [2.24, 2.45) is 0 Å². The predicted octanol–water partition coefficient (Wildman–Crippen LogP) is 1.61. The molecule has 1 aromatic carbocycles. The number of pyridine rings is 1. The highest BCUT2D eigenvalue weighted by Gasteiger charge is 2.34. The summed E-state index contributed by atoms with van der Waals surface area (Å²) in [6, 6.07) is 5.79. The Kier molecular flexibility index (Phi) is 5.31. The van der Waals surface area contributed by atoms with Crippen molar-refractivity contribution in [2.75, 3.05) is 31.1 Å². The van der Waals surface area contributed by atoms with E-state index in [1.165, 1.54) is 17.0 Å². The number of aromatic hydroxyl groups is 1. The molecule has 0 unspecified atom stereocenters. The number of halogens is 1. The van der Waals surface area contributed by atoms with Gasteiger partial charge in [-0.1, -0.05) is 12.1 Å². The Hall–Kier alpha value is -2.81. The van der Waals surface area contributed by atoms with Crippen LogP contribution in [0, 0.1) is 5.82 Å². The number of carbonyl (C=O) groups excluding carboxylic acids is 2. The monoisotopic (exact) mass is 417 g/mol. The Labute approximate surface area is 170 Å². The van der Waals surface area contributed by atoms with Gasteiger partial charge in [0.1, 0.15) is 11.5 Å². The van der Waals surface area contributed by atoms with Gasteiger partial charge in [0, 0.05) is 37.7 Å². The second-order valence-corrected chi connectivity index (χ2v) is 8.26. The number of carbonyl (C=O) groups is 2. The van der Waals surface area contributed by atoms with E-state index in [0.29, 0.717) is 31.6 Å². The smallest absolute Gasteiger partial charge is 0.291 e. The van der Waals surface area contributed by atoms with E-state index < -0.39 is 17.2 Å². The number of hydrogen-bond acceptors (Lipinski definition) is 5. The van der Waals surface area contributed by atoms with Crippen LogP contribution in [0.5, 0.6) is 5.75 Å². The van der Waals surface area contributed by atoms with Crippen LogP contribution < -0.4 is 5.56 Å². The number of nitrogens with one attached hydrogen (secondary N) is 1. The molecule has 1 fully saturated rings. The van der Waals surface area contributed by atoms with Gasteiger partial charge in [0.15, 0.2) is 5.75 Å². The standard InChI is InChI=1S/C20H20FN3O4S/c21-13-3-1-12(2-4-13)11-24-6-5-14-15(19(24)27)17(25)18(26)22-16(14)20(28)23-7-9-29-10-8-23/h1-4,25H,5-11H2,(H,22,26). The molecule has 0 aliphatic carbocycles. The van der Waals surface area contributed by atoms with Gasteiger partial charge < -0.3 is 19.9 Å². The van der Waals surface area contributed by atoms with Gasteiger partial charge in [0.25, 0.3) is 17.4 Å². The van der Waals surface area contributed by atoms with E-state index in [-0.39, 0.29) is 29.5 Å². The third-order valence-electron chi connectivity index (χ3n) is 5.23. The van der Waals surface area contributed by atoms with Gasteiger partial charge in [-0.05, 0) is 29.7 Å². The lowest BCUT2D eigenvalue weighted by Gasteiger charge is -2.31. The number of rotatable bonds is 3. The quantitative estimate of drug-likeness (QED) is 0.792. The normalized spacial score (nSPS) is 16.7. The van der Waals surface area contributed by atoms with Crippen molar-refractivity contribution in [1.82, 2.24) is 14.8 Å². The van der Waals surface area contributed by atoms with Gasteiger partial charge in [-0.2, -0.15) is 11.8 Å². The lowest BCUT2D eigenvalue weighted by Crippen LogP contribution is -2.43. The second-order valence-electron chi connectivity index (χ2n) is 7.04. The maximum Gasteiger partial charge on any atom is 0.291 e. The zero-order valence-electron chi connectivity index (χ0n) is 15.6. The first-order valence-electron chi connectivity index (χ1n) is 9.34. The van der Waals surface area contributed by atoms with E-state index in [1.54, 1.807) is 28.8 Å². The van der Waals surface area contributed by atoms with E-state index in [9.17, 15) is 23.9 Å². The lowest BCUT2D eigenvalue weighted by molar-refractivity contribution is 0.0718. The minimum atomic E-state index is -0.851. The molecule has 2 N–H and O–H groups in total. The molecule has 29 heavy (non-hydrogen) atoms. The highest BCUT2D eigenvalue weighted by atomic mass is 32.2. The number of nitrogens with zero attached hydrogens (tertiary/aromatic N) is 2. The minimum Gasteiger partial charge on any atom is -0.502 e. The fourth-order valence-electron chi connectivity index (χ4n) is 3.68. The van der Waals surface area contributed by atoms with Gasteiger partial charge in [-0.25, -0.2) is 4.39 Å². The Bertz CT molecular complexity index is 1020. The maximum absolute atomic E-state index is 13.1. The number of aromatic amines is 1. The number of H-pyrrole nitrogens is 1. The van der Waals surface area contributed by atoms with Gasteiger partial charge in [-0.15, -0.1) is 0 Å². The number of amides is 2. The van der Waals surface area contributed by atoms with Gasteiger partial charge in [0.2, 0.25) is 0 Å². The van der Waals surface area contributed by atoms with Crippen molar-refractivity contribution in [1.29, 1.82) is 0 Å². The molecule has 2 aliphatic rings. The first-order valence-corrected chi connectivity index (χ1v) is 10.5. The van der Waals surface area contributed by atoms with Crippen molar-refractivity contribution in [3.05, 3.63) is 62.8 Å². The Morgan fingerprint density at radius 2 is 1.83 bits per heavy atom. The molecule has 152 valence electrons. The Balaban J connectivity index is 1.67. The molecule has 1 saturated heterocycles. The highest BCUT2D eigenvalue weighted by molar-refractivity contribution is 7.99. The summed E-state index contributed by atoms with van der Waals surface area (Å²) in [5, 5.41) is 10.3. The van der Waals surface area contributed by atoms with Crippen LogP contribution in [0.25, 0.3) is 0 Å². The molecule has 0 radical (unpaired) electrons. The second kappa shape index (κ2) is 7.90. The summed E-state index contributed by atoms with van der Waals surface area (Å²) < 4.78 is 13.1. The Morgan fingerprint density at radius 3 is 2.52 bits per heavy atom. The number of benzene rings is 1. The molecule has 0 bridgehead atoms. The summed E-state index contributed by atoms with van der Waals surface area (Å²) in [6.45, 7) is 1.69. The van der Waals surface area contributed by atoms with Crippen LogP contribution in [0.4, 0.5) is 4.39 Å². The summed E-state index contributed by atoms with van der Waals surface area (Å²) in [6.07, 6.45) is 0.330. The predicted molar refractivity (Wildman–Crippen MR) is 107 cm³/mol. The van der Waals surface area contributed by atoms with Crippen LogP contribution in [0.3, 0.4) is 0 Å². The largest absolute Gasteiger partial charge is 0.502 e. The van der Waals surface area contributed by atoms with E-state index in [1.807, 2.05) is 0 Å². The van der Waals surface area contributed by atoms with Crippen molar-refractivity contribution in [2.45, 2.75) is 13.0 Å². The first-order chi connectivity index (χ1) is 14.0. The summed E-state index contributed by atoms with van der Waals surface area (Å²) in [4.78, 5) is 43.9. The molecule has 2 amide bonds. The SMILES string of the molecule is O=C(c1[nH]c(=O)c(O)c2c1CCN(Cc1ccc(F)cc1)C2=O)N1CCSCC1. The summed E-state index contributed by atoms with van der Waals surface area (Å²) in [5.41, 5.74) is 0.233. The minimum absolute atomic E-state index is 0.0875. The van der Waals surface area contributed by atoms with E-state index in [2.05, 4.69) is 4.98 Å². The molecule has 0 spiro atoms. The Morgan fingerprint density at radius 1 is 1.14 bits per heavy atom. The summed E-state index contributed by atoms with van der Waals surface area (Å²) in [5.74, 6) is -0.228. The molecule has 2 aromatic rings. The third kappa shape index (κ3) is 3.74. The molecule has 0 atom stereocenters. The van der Waals surface area contributed by atoms with Crippen LogP contribution in [-0.2, 0) is 13.0 Å². The van der Waals surface area contributed by atoms with Crippen LogP contribution in [0.1, 0.15) is 32.0 Å². The lowest BCUT2D eigenvalue weighted by atomic mass is 9.95. The van der Waals surface area contributed by atoms with E-state index in [0.717, 1.165) is 17.1 Å². The van der Waals surface area contributed by atoms with Crippen molar-refractivity contribution in [3.63, 3.8) is 0 Å². The topological polar surface area (TPSA) is 93.7 Å². The number of thioether (sulfide) groups is 1. The fourth-order valence-corrected chi connectivity index (χ4v) is 4.59. The number of fused-ring (bicyclic) bond motifs is 1. The zero-order valence-corrected chi connectivity index (χ0v) is 16.4. The average Bonchev–Trinajstić information content (AvgIpc) is 2.74. The summed E-state index contributed by atoms with van der Waals surface area (Å²) in [7, 11) is 0. The van der Waals surface area contributed by atoms with E-state index >= 15 is 0 Å². The molecule has 7 nitrogen and oxygen atoms in total. The van der Waals surface area contributed by atoms with Crippen LogP contribution >= 0.6 is 11.8 Å². The summed E-state index contributed by atoms with van der Waals surface area (Å²) >= 11 is 1.76. The molecule has 9 heteroatoms. The molecular weight excluding hydrogens is 397 g/mol. The fraction of sp³-hybridized carbons (Fsp3) is 0.350. The van der Waals surface area contributed by atoms with Crippen LogP contribution in [-0.4, -0.2) is 62.8 Å².